The molecule has 0 bridgehead atoms. The number of aliphatic hydroxyl groups excluding tert-OH is 1. The number of unbranched alkanes of at least 4 members (excludes halogenated alkanes) is 36. The van der Waals surface area contributed by atoms with Gasteiger partial charge < -0.3 is 28.8 Å². The fourth-order valence-corrected chi connectivity index (χ4v) is 8.76. The summed E-state index contributed by atoms with van der Waals surface area (Å²) in [5.41, 5.74) is 0. The Labute approximate surface area is 380 Å². The van der Waals surface area contributed by atoms with Gasteiger partial charge in [0, 0.05) is 6.42 Å². The number of likely N-dealkylation sites (N-methyl/N-ethyl adjacent to an activating group) is 1. The highest BCUT2D eigenvalue weighted by molar-refractivity contribution is 7.45. The second kappa shape index (κ2) is 44.4. The molecule has 0 saturated carbocycles. The number of hydrogen-bond donors (Lipinski definition) is 2. The Kier molecular flexibility index (Phi) is 43.9. The molecule has 0 saturated heterocycles. The number of phosphoric acid groups is 1. The summed E-state index contributed by atoms with van der Waals surface area (Å²) in [6.45, 7) is 4.62. The molecular weight excluding hydrogens is 780 g/mol. The third kappa shape index (κ3) is 47.0. The van der Waals surface area contributed by atoms with Crippen LogP contribution in [0.4, 0.5) is 0 Å². The lowest BCUT2D eigenvalue weighted by Gasteiger charge is -2.29. The van der Waals surface area contributed by atoms with E-state index in [1.807, 2.05) is 27.2 Å². The Hall–Kier alpha value is -0.760. The van der Waals surface area contributed by atoms with Crippen LogP contribution < -0.4 is 10.2 Å². The monoisotopic (exact) mass is 885 g/mol. The van der Waals surface area contributed by atoms with Crippen LogP contribution in [0, 0.1) is 0 Å². The predicted molar refractivity (Wildman–Crippen MR) is 261 cm³/mol. The van der Waals surface area contributed by atoms with Crippen LogP contribution in [0.1, 0.15) is 264 Å². The van der Waals surface area contributed by atoms with E-state index in [-0.39, 0.29) is 19.1 Å². The van der Waals surface area contributed by atoms with Crippen LogP contribution in [0.3, 0.4) is 0 Å². The van der Waals surface area contributed by atoms with E-state index in [4.69, 9.17) is 9.05 Å². The molecular formula is C52H105N2O6P. The van der Waals surface area contributed by atoms with Crippen molar-refractivity contribution < 1.29 is 32.9 Å². The number of amides is 1. The van der Waals surface area contributed by atoms with Crippen molar-refractivity contribution in [3.63, 3.8) is 0 Å². The van der Waals surface area contributed by atoms with E-state index in [0.29, 0.717) is 17.4 Å². The van der Waals surface area contributed by atoms with E-state index in [1.54, 1.807) is 6.08 Å². The number of phosphoric ester groups is 1. The summed E-state index contributed by atoms with van der Waals surface area (Å²) in [6.07, 6.45) is 53.3. The van der Waals surface area contributed by atoms with E-state index >= 15 is 0 Å². The van der Waals surface area contributed by atoms with Crippen molar-refractivity contribution in [1.82, 2.24) is 5.32 Å². The molecule has 0 aromatic heterocycles. The van der Waals surface area contributed by atoms with Gasteiger partial charge in [0.15, 0.2) is 0 Å². The summed E-state index contributed by atoms with van der Waals surface area (Å²) in [5.74, 6) is -0.202. The maximum Gasteiger partial charge on any atom is 0.268 e. The third-order valence-electron chi connectivity index (χ3n) is 12.2. The van der Waals surface area contributed by atoms with Gasteiger partial charge in [0.25, 0.3) is 7.82 Å². The van der Waals surface area contributed by atoms with Crippen LogP contribution in [0.25, 0.3) is 0 Å². The molecule has 0 aliphatic carbocycles. The fraction of sp³-hybridized carbons (Fsp3) is 0.942. The first kappa shape index (κ1) is 60.2. The lowest BCUT2D eigenvalue weighted by molar-refractivity contribution is -0.870. The van der Waals surface area contributed by atoms with Crippen molar-refractivity contribution in [3.8, 4) is 0 Å². The Morgan fingerprint density at radius 1 is 0.557 bits per heavy atom. The molecule has 0 aromatic rings. The molecule has 61 heavy (non-hydrogen) atoms. The van der Waals surface area contributed by atoms with Crippen LogP contribution in [-0.4, -0.2) is 68.5 Å². The zero-order valence-corrected chi connectivity index (χ0v) is 42.3. The molecule has 0 aromatic carbocycles. The minimum Gasteiger partial charge on any atom is -0.756 e. The van der Waals surface area contributed by atoms with E-state index < -0.39 is 20.0 Å². The van der Waals surface area contributed by atoms with Gasteiger partial charge in [0.1, 0.15) is 13.2 Å². The van der Waals surface area contributed by atoms with Crippen LogP contribution in [0.5, 0.6) is 0 Å². The van der Waals surface area contributed by atoms with E-state index in [1.165, 1.54) is 205 Å². The van der Waals surface area contributed by atoms with Gasteiger partial charge in [0.2, 0.25) is 5.91 Å². The fourth-order valence-electron chi connectivity index (χ4n) is 8.04. The summed E-state index contributed by atoms with van der Waals surface area (Å²) < 4.78 is 23.2. The average Bonchev–Trinajstić information content (AvgIpc) is 3.21. The van der Waals surface area contributed by atoms with Gasteiger partial charge in [-0.15, -0.1) is 0 Å². The zero-order chi connectivity index (χ0) is 45.0. The lowest BCUT2D eigenvalue weighted by atomic mass is 10.0. The van der Waals surface area contributed by atoms with Crippen molar-refractivity contribution in [2.75, 3.05) is 40.9 Å². The highest BCUT2D eigenvalue weighted by atomic mass is 31.2. The highest BCUT2D eigenvalue weighted by Gasteiger charge is 2.23. The van der Waals surface area contributed by atoms with Gasteiger partial charge in [0.05, 0.1) is 39.9 Å². The first-order chi connectivity index (χ1) is 29.5. The van der Waals surface area contributed by atoms with E-state index in [0.717, 1.165) is 38.5 Å². The number of allylic oxidation sites excluding steroid dienone is 1. The molecule has 0 rings (SSSR count). The normalized spacial score (nSPS) is 14.1. The summed E-state index contributed by atoms with van der Waals surface area (Å²) in [4.78, 5) is 25.2. The van der Waals surface area contributed by atoms with Crippen LogP contribution >= 0.6 is 7.82 Å². The predicted octanol–water partition coefficient (Wildman–Crippen LogP) is 14.8. The van der Waals surface area contributed by atoms with E-state index in [9.17, 15) is 19.4 Å². The van der Waals surface area contributed by atoms with Crippen molar-refractivity contribution in [2.45, 2.75) is 276 Å². The number of quaternary nitrogens is 1. The number of rotatable bonds is 49. The second-order valence-corrected chi connectivity index (χ2v) is 21.0. The Morgan fingerprint density at radius 2 is 0.885 bits per heavy atom. The summed E-state index contributed by atoms with van der Waals surface area (Å²) in [6, 6.07) is -0.879. The second-order valence-electron chi connectivity index (χ2n) is 19.6. The van der Waals surface area contributed by atoms with Gasteiger partial charge in [-0.2, -0.15) is 0 Å². The van der Waals surface area contributed by atoms with Crippen molar-refractivity contribution >= 4 is 13.7 Å². The molecule has 9 heteroatoms. The molecule has 0 aliphatic heterocycles. The Morgan fingerprint density at radius 3 is 1.23 bits per heavy atom. The van der Waals surface area contributed by atoms with Crippen LogP contribution in [0.15, 0.2) is 12.2 Å². The minimum absolute atomic E-state index is 0.00170. The molecule has 0 radical (unpaired) electrons. The van der Waals surface area contributed by atoms with Crippen molar-refractivity contribution in [2.24, 2.45) is 0 Å². The number of aliphatic hydroxyl groups is 1. The first-order valence-corrected chi connectivity index (χ1v) is 28.0. The highest BCUT2D eigenvalue weighted by Crippen LogP contribution is 2.38. The third-order valence-corrected chi connectivity index (χ3v) is 13.2. The maximum absolute atomic E-state index is 12.7. The molecule has 2 N–H and O–H groups in total. The number of nitrogens with zero attached hydrogens (tertiary/aromatic N) is 1. The van der Waals surface area contributed by atoms with Gasteiger partial charge in [-0.1, -0.05) is 251 Å². The number of carbonyl (C=O) groups excluding carboxylic acids is 1. The topological polar surface area (TPSA) is 108 Å². The Bertz CT molecular complexity index is 1000. The molecule has 364 valence electrons. The quantitative estimate of drug-likeness (QED) is 0.0273. The molecule has 1 amide bonds. The van der Waals surface area contributed by atoms with Crippen molar-refractivity contribution in [3.05, 3.63) is 12.2 Å². The smallest absolute Gasteiger partial charge is 0.268 e. The standard InChI is InChI=1S/C52H105N2O6P/c1-6-8-10-12-14-15-16-17-18-19-20-21-22-23-24-25-26-27-28-29-30-31-32-33-34-35-36-37-38-40-41-43-45-51(55)50(49-60-61(57,58)59-48-47-54(3,4)5)53-52(56)46-44-42-39-13-11-9-7-2/h43,45,50-51,55H,6-42,44,46-49H2,1-5H3,(H-,53,56,57,58)/b45-43+. The molecule has 3 unspecified atom stereocenters. The number of hydrogen-bond acceptors (Lipinski definition) is 6. The Balaban J connectivity index is 3.91. The summed E-state index contributed by atoms with van der Waals surface area (Å²) >= 11 is 0. The van der Waals surface area contributed by atoms with Crippen LogP contribution in [0.2, 0.25) is 0 Å². The largest absolute Gasteiger partial charge is 0.756 e. The SMILES string of the molecule is CCCCCCCCCCCCCCCCCCCCCCCCCCCCCCCC/C=C/C(O)C(COP(=O)([O-])OCC[N+](C)(C)C)NC(=O)CCCCCCCCC. The van der Waals surface area contributed by atoms with Gasteiger partial charge in [-0.3, -0.25) is 9.36 Å². The van der Waals surface area contributed by atoms with Gasteiger partial charge >= 0.3 is 0 Å². The number of nitrogens with one attached hydrogen (secondary N) is 1. The molecule has 8 nitrogen and oxygen atoms in total. The molecule has 0 fully saturated rings. The minimum atomic E-state index is -4.58. The molecule has 3 atom stereocenters. The zero-order valence-electron chi connectivity index (χ0n) is 41.4. The summed E-state index contributed by atoms with van der Waals surface area (Å²) in [5, 5.41) is 13.7. The van der Waals surface area contributed by atoms with Crippen molar-refractivity contribution in [1.29, 1.82) is 0 Å². The molecule has 0 aliphatic rings. The lowest BCUT2D eigenvalue weighted by Crippen LogP contribution is -2.45. The molecule has 0 spiro atoms. The first-order valence-electron chi connectivity index (χ1n) is 26.6. The number of carbonyl (C=O) groups is 1. The average molecular weight is 885 g/mol. The summed E-state index contributed by atoms with van der Waals surface area (Å²) in [7, 11) is 1.27. The molecule has 0 heterocycles. The van der Waals surface area contributed by atoms with Gasteiger partial charge in [-0.05, 0) is 19.3 Å². The van der Waals surface area contributed by atoms with E-state index in [2.05, 4.69) is 19.2 Å². The van der Waals surface area contributed by atoms with Crippen LogP contribution in [-0.2, 0) is 18.4 Å². The van der Waals surface area contributed by atoms with Gasteiger partial charge in [-0.25, -0.2) is 0 Å². The maximum atomic E-state index is 12.7.